The fourth-order valence-electron chi connectivity index (χ4n) is 3.65. The second-order valence-corrected chi connectivity index (χ2v) is 8.34. The van der Waals surface area contributed by atoms with Gasteiger partial charge in [-0.25, -0.2) is 4.99 Å². The van der Waals surface area contributed by atoms with E-state index in [1.165, 1.54) is 0 Å². The van der Waals surface area contributed by atoms with Crippen molar-refractivity contribution in [3.63, 3.8) is 0 Å². The Balaban J connectivity index is 1.91. The van der Waals surface area contributed by atoms with Gasteiger partial charge in [0.15, 0.2) is 5.96 Å². The van der Waals surface area contributed by atoms with Crippen LogP contribution in [0.2, 0.25) is 0 Å². The van der Waals surface area contributed by atoms with Crippen LogP contribution in [0.3, 0.4) is 0 Å². The van der Waals surface area contributed by atoms with Gasteiger partial charge < -0.3 is 20.7 Å². The number of hydrogen-bond acceptors (Lipinski definition) is 4. The molecule has 31 heavy (non-hydrogen) atoms. The first-order chi connectivity index (χ1) is 15.0. The van der Waals surface area contributed by atoms with Gasteiger partial charge in [0.05, 0.1) is 19.8 Å². The predicted molar refractivity (Wildman–Crippen MR) is 128 cm³/mol. The molecule has 3 N–H and O–H groups in total. The maximum atomic E-state index is 12.1. The lowest BCUT2D eigenvalue weighted by atomic mass is 10.0. The molecule has 1 atom stereocenters. The molecule has 0 saturated carbocycles. The van der Waals surface area contributed by atoms with Crippen molar-refractivity contribution in [3.05, 3.63) is 35.4 Å². The van der Waals surface area contributed by atoms with E-state index in [0.717, 1.165) is 70.3 Å². The van der Waals surface area contributed by atoms with E-state index in [2.05, 4.69) is 48.5 Å². The molecule has 7 nitrogen and oxygen atoms in total. The number of nitrogens with zero attached hydrogens (tertiary/aromatic N) is 2. The number of aliphatic imine (C=N–C) groups is 1. The smallest absolute Gasteiger partial charge is 0.251 e. The third kappa shape index (κ3) is 8.87. The zero-order valence-electron chi connectivity index (χ0n) is 19.7. The maximum Gasteiger partial charge on any atom is 0.251 e. The Morgan fingerprint density at radius 1 is 1.10 bits per heavy atom. The number of nitrogens with one attached hydrogen (secondary N) is 3. The molecule has 0 spiro atoms. The number of unbranched alkanes of at least 4 members (excludes halogenated alkanes) is 1. The normalized spacial score (nSPS) is 16.2. The first kappa shape index (κ1) is 25.1. The number of morpholine rings is 1. The molecule has 1 aliphatic rings. The Morgan fingerprint density at radius 2 is 1.81 bits per heavy atom. The average Bonchev–Trinajstić information content (AvgIpc) is 2.78. The van der Waals surface area contributed by atoms with Crippen LogP contribution in [0.15, 0.2) is 29.3 Å². The lowest BCUT2D eigenvalue weighted by Crippen LogP contribution is -2.52. The molecule has 1 heterocycles. The summed E-state index contributed by atoms with van der Waals surface area (Å²) in [5, 5.41) is 9.81. The molecule has 1 amide bonds. The number of benzene rings is 1. The Bertz CT molecular complexity index is 669. The van der Waals surface area contributed by atoms with Crippen molar-refractivity contribution >= 4 is 11.9 Å². The number of ether oxygens (including phenoxy) is 1. The van der Waals surface area contributed by atoms with Gasteiger partial charge in [0.25, 0.3) is 5.91 Å². The number of amides is 1. The molecule has 1 aliphatic heterocycles. The van der Waals surface area contributed by atoms with Gasteiger partial charge in [-0.05, 0) is 37.0 Å². The standard InChI is InChI=1S/C24H41N5O2/c1-5-7-12-26-23(30)21-10-8-20(9-11-21)17-27-24(25-6-2)28-18-22(19(3)4)29-13-15-31-16-14-29/h8-11,19,22H,5-7,12-18H2,1-4H3,(H,26,30)(H2,25,27,28). The summed E-state index contributed by atoms with van der Waals surface area (Å²) in [5.74, 6) is 1.36. The number of rotatable bonds is 11. The molecule has 1 aromatic rings. The molecule has 0 aliphatic carbocycles. The summed E-state index contributed by atoms with van der Waals surface area (Å²) < 4.78 is 5.51. The van der Waals surface area contributed by atoms with E-state index >= 15 is 0 Å². The highest BCUT2D eigenvalue weighted by molar-refractivity contribution is 5.94. The van der Waals surface area contributed by atoms with Crippen LogP contribution in [0.5, 0.6) is 0 Å². The van der Waals surface area contributed by atoms with Crippen LogP contribution in [0, 0.1) is 5.92 Å². The van der Waals surface area contributed by atoms with E-state index < -0.39 is 0 Å². The zero-order valence-corrected chi connectivity index (χ0v) is 19.7. The van der Waals surface area contributed by atoms with E-state index in [1.807, 2.05) is 24.3 Å². The Morgan fingerprint density at radius 3 is 2.42 bits per heavy atom. The van der Waals surface area contributed by atoms with E-state index in [1.54, 1.807) is 0 Å². The first-order valence-electron chi connectivity index (χ1n) is 11.8. The minimum atomic E-state index is -0.0126. The molecule has 0 aromatic heterocycles. The molecule has 1 unspecified atom stereocenters. The minimum absolute atomic E-state index is 0.0126. The molecule has 0 bridgehead atoms. The van der Waals surface area contributed by atoms with Crippen molar-refractivity contribution in [1.29, 1.82) is 0 Å². The molecule has 2 rings (SSSR count). The summed E-state index contributed by atoms with van der Waals surface area (Å²) in [6.07, 6.45) is 2.08. The van der Waals surface area contributed by atoms with Gasteiger partial charge in [0.1, 0.15) is 0 Å². The third-order valence-corrected chi connectivity index (χ3v) is 5.56. The molecule has 1 aromatic carbocycles. The topological polar surface area (TPSA) is 78.0 Å². The van der Waals surface area contributed by atoms with Crippen LogP contribution in [-0.2, 0) is 11.3 Å². The Labute approximate surface area is 188 Å². The van der Waals surface area contributed by atoms with Crippen molar-refractivity contribution in [3.8, 4) is 0 Å². The van der Waals surface area contributed by atoms with Gasteiger partial charge >= 0.3 is 0 Å². The number of carbonyl (C=O) groups is 1. The fraction of sp³-hybridized carbons (Fsp3) is 0.667. The predicted octanol–water partition coefficient (Wildman–Crippen LogP) is 2.63. The first-order valence-corrected chi connectivity index (χ1v) is 11.8. The molecule has 1 saturated heterocycles. The average molecular weight is 432 g/mol. The van der Waals surface area contributed by atoms with Gasteiger partial charge in [-0.3, -0.25) is 9.69 Å². The quantitative estimate of drug-likeness (QED) is 0.285. The SMILES string of the molecule is CCCCNC(=O)c1ccc(CN=C(NCC)NCC(C(C)C)N2CCOCC2)cc1. The van der Waals surface area contributed by atoms with E-state index in [9.17, 15) is 4.79 Å². The number of carbonyl (C=O) groups excluding carboxylic acids is 1. The van der Waals surface area contributed by atoms with Crippen molar-refractivity contribution in [1.82, 2.24) is 20.9 Å². The van der Waals surface area contributed by atoms with Crippen molar-refractivity contribution < 1.29 is 9.53 Å². The summed E-state index contributed by atoms with van der Waals surface area (Å²) in [6.45, 7) is 15.3. The van der Waals surface area contributed by atoms with Crippen LogP contribution in [-0.4, -0.2) is 68.7 Å². The van der Waals surface area contributed by atoms with Crippen molar-refractivity contribution in [2.75, 3.05) is 45.9 Å². The zero-order chi connectivity index (χ0) is 22.5. The van der Waals surface area contributed by atoms with Gasteiger partial charge in [-0.2, -0.15) is 0 Å². The van der Waals surface area contributed by atoms with Crippen LogP contribution in [0.4, 0.5) is 0 Å². The molecular weight excluding hydrogens is 390 g/mol. The molecule has 174 valence electrons. The summed E-state index contributed by atoms with van der Waals surface area (Å²) >= 11 is 0. The number of guanidine groups is 1. The van der Waals surface area contributed by atoms with E-state index in [4.69, 9.17) is 9.73 Å². The largest absolute Gasteiger partial charge is 0.379 e. The Kier molecular flexibility index (Phi) is 11.4. The highest BCUT2D eigenvalue weighted by Crippen LogP contribution is 2.12. The number of hydrogen-bond donors (Lipinski definition) is 3. The highest BCUT2D eigenvalue weighted by atomic mass is 16.5. The lowest BCUT2D eigenvalue weighted by Gasteiger charge is -2.37. The molecular formula is C24H41N5O2. The maximum absolute atomic E-state index is 12.1. The van der Waals surface area contributed by atoms with Gasteiger partial charge in [0.2, 0.25) is 0 Å². The van der Waals surface area contributed by atoms with Crippen LogP contribution >= 0.6 is 0 Å². The van der Waals surface area contributed by atoms with Crippen LogP contribution < -0.4 is 16.0 Å². The summed E-state index contributed by atoms with van der Waals surface area (Å²) in [5.41, 5.74) is 1.77. The minimum Gasteiger partial charge on any atom is -0.379 e. The summed E-state index contributed by atoms with van der Waals surface area (Å²) in [6, 6.07) is 8.15. The molecule has 7 heteroatoms. The fourth-order valence-corrected chi connectivity index (χ4v) is 3.65. The lowest BCUT2D eigenvalue weighted by molar-refractivity contribution is 0.00752. The van der Waals surface area contributed by atoms with E-state index in [-0.39, 0.29) is 5.91 Å². The van der Waals surface area contributed by atoms with Crippen LogP contribution in [0.1, 0.15) is 56.5 Å². The Hall–Kier alpha value is -2.12. The van der Waals surface area contributed by atoms with E-state index in [0.29, 0.717) is 24.1 Å². The van der Waals surface area contributed by atoms with Crippen molar-refractivity contribution in [2.24, 2.45) is 10.9 Å². The van der Waals surface area contributed by atoms with Gasteiger partial charge in [-0.15, -0.1) is 0 Å². The van der Waals surface area contributed by atoms with Gasteiger partial charge in [-0.1, -0.05) is 39.3 Å². The highest BCUT2D eigenvalue weighted by Gasteiger charge is 2.23. The van der Waals surface area contributed by atoms with Crippen molar-refractivity contribution in [2.45, 2.75) is 53.1 Å². The second kappa shape index (κ2) is 14.0. The van der Waals surface area contributed by atoms with Gasteiger partial charge in [0, 0.05) is 44.3 Å². The molecule has 0 radical (unpaired) electrons. The monoisotopic (exact) mass is 431 g/mol. The second-order valence-electron chi connectivity index (χ2n) is 8.34. The summed E-state index contributed by atoms with van der Waals surface area (Å²) in [4.78, 5) is 19.4. The third-order valence-electron chi connectivity index (χ3n) is 5.56. The summed E-state index contributed by atoms with van der Waals surface area (Å²) in [7, 11) is 0. The van der Waals surface area contributed by atoms with Crippen LogP contribution in [0.25, 0.3) is 0 Å². The molecule has 1 fully saturated rings.